The summed E-state index contributed by atoms with van der Waals surface area (Å²) in [7, 11) is 0. The van der Waals surface area contributed by atoms with Crippen molar-refractivity contribution in [1.82, 2.24) is 0 Å². The van der Waals surface area contributed by atoms with Gasteiger partial charge in [0.05, 0.1) is 12.2 Å². The van der Waals surface area contributed by atoms with Crippen molar-refractivity contribution in [3.8, 4) is 6.07 Å². The Morgan fingerprint density at radius 3 is 2.64 bits per heavy atom. The molecule has 0 aromatic heterocycles. The van der Waals surface area contributed by atoms with Crippen LogP contribution in [0, 0.1) is 45.8 Å². The minimum Gasteiger partial charge on any atom is -0.393 e. The fraction of sp³-hybridized carbons (Fsp3) is 0.850. The van der Waals surface area contributed by atoms with Crippen LogP contribution in [-0.2, 0) is 0 Å². The number of aliphatic hydroxyl groups excluding tert-OH is 1. The highest BCUT2D eigenvalue weighted by Crippen LogP contribution is 2.66. The molecule has 3 fully saturated rings. The van der Waals surface area contributed by atoms with Gasteiger partial charge in [0.2, 0.25) is 0 Å². The molecule has 0 aromatic carbocycles. The van der Waals surface area contributed by atoms with E-state index in [4.69, 9.17) is 0 Å². The molecule has 0 saturated heterocycles. The Labute approximate surface area is 134 Å². The van der Waals surface area contributed by atoms with Crippen molar-refractivity contribution in [2.45, 2.75) is 71.3 Å². The first-order chi connectivity index (χ1) is 10.5. The number of nitriles is 1. The molecule has 0 radical (unpaired) electrons. The van der Waals surface area contributed by atoms with Crippen molar-refractivity contribution in [1.29, 1.82) is 5.26 Å². The van der Waals surface area contributed by atoms with Crippen molar-refractivity contribution in [2.24, 2.45) is 34.5 Å². The monoisotopic (exact) mass is 299 g/mol. The molecule has 1 unspecified atom stereocenters. The lowest BCUT2D eigenvalue weighted by Gasteiger charge is -2.59. The second kappa shape index (κ2) is 4.84. The smallest absolute Gasteiger partial charge is 0.0943 e. The molecule has 2 nitrogen and oxygen atoms in total. The van der Waals surface area contributed by atoms with E-state index in [0.29, 0.717) is 5.41 Å². The zero-order valence-electron chi connectivity index (χ0n) is 14.0. The van der Waals surface area contributed by atoms with Crippen LogP contribution in [0.4, 0.5) is 0 Å². The zero-order valence-corrected chi connectivity index (χ0v) is 14.0. The highest BCUT2D eigenvalue weighted by atomic mass is 16.3. The predicted molar refractivity (Wildman–Crippen MR) is 86.8 cm³/mol. The molecule has 0 aromatic rings. The number of hydrogen-bond donors (Lipinski definition) is 1. The standard InChI is InChI=1S/C20H29NO/c1-19-10-9-17-15(16(19)7-8-18(19)22)6-5-14-4-3-13(12-21)11-20(14,17)2/h3,14-18,22H,4-11H2,1-2H3/t14?,15-,16-,17-,18-,19-,20-/m0/s1. The van der Waals surface area contributed by atoms with Crippen LogP contribution < -0.4 is 0 Å². The van der Waals surface area contributed by atoms with Crippen molar-refractivity contribution in [2.75, 3.05) is 0 Å². The average Bonchev–Trinajstić information content (AvgIpc) is 2.81. The van der Waals surface area contributed by atoms with Crippen molar-refractivity contribution < 1.29 is 5.11 Å². The van der Waals surface area contributed by atoms with E-state index in [2.05, 4.69) is 26.0 Å². The average molecular weight is 299 g/mol. The minimum absolute atomic E-state index is 0.0788. The van der Waals surface area contributed by atoms with Gasteiger partial charge in [-0.2, -0.15) is 5.26 Å². The molecule has 4 rings (SSSR count). The largest absolute Gasteiger partial charge is 0.393 e. The fourth-order valence-electron chi connectivity index (χ4n) is 7.02. The number of allylic oxidation sites excluding steroid dienone is 2. The quantitative estimate of drug-likeness (QED) is 0.718. The van der Waals surface area contributed by atoms with Crippen LogP contribution in [0.2, 0.25) is 0 Å². The fourth-order valence-corrected chi connectivity index (χ4v) is 7.02. The molecular formula is C20H29NO. The molecule has 0 heterocycles. The van der Waals surface area contributed by atoms with Gasteiger partial charge in [-0.25, -0.2) is 0 Å². The van der Waals surface area contributed by atoms with Gasteiger partial charge in [0.1, 0.15) is 0 Å². The Balaban J connectivity index is 1.66. The van der Waals surface area contributed by atoms with E-state index < -0.39 is 0 Å². The van der Waals surface area contributed by atoms with E-state index >= 15 is 0 Å². The molecule has 1 N–H and O–H groups in total. The molecule has 4 aliphatic carbocycles. The lowest BCUT2D eigenvalue weighted by molar-refractivity contribution is -0.109. The molecule has 4 aliphatic rings. The van der Waals surface area contributed by atoms with Crippen LogP contribution in [0.15, 0.2) is 11.6 Å². The second-order valence-corrected chi connectivity index (χ2v) is 9.05. The maximum absolute atomic E-state index is 10.5. The maximum atomic E-state index is 10.5. The van der Waals surface area contributed by atoms with E-state index in [0.717, 1.165) is 48.5 Å². The Kier molecular flexibility index (Phi) is 3.25. The van der Waals surface area contributed by atoms with Crippen LogP contribution in [0.3, 0.4) is 0 Å². The molecule has 22 heavy (non-hydrogen) atoms. The molecule has 0 aliphatic heterocycles. The first-order valence-electron chi connectivity index (χ1n) is 9.26. The van der Waals surface area contributed by atoms with Gasteiger partial charge in [0, 0.05) is 5.57 Å². The maximum Gasteiger partial charge on any atom is 0.0943 e. The van der Waals surface area contributed by atoms with Crippen LogP contribution in [0.25, 0.3) is 0 Å². The van der Waals surface area contributed by atoms with Gasteiger partial charge in [-0.15, -0.1) is 0 Å². The first kappa shape index (κ1) is 14.8. The van der Waals surface area contributed by atoms with Crippen molar-refractivity contribution >= 4 is 0 Å². The first-order valence-corrected chi connectivity index (χ1v) is 9.26. The van der Waals surface area contributed by atoms with Gasteiger partial charge in [-0.3, -0.25) is 0 Å². The van der Waals surface area contributed by atoms with E-state index in [1.165, 1.54) is 32.1 Å². The third-order valence-electron chi connectivity index (χ3n) is 8.38. The summed E-state index contributed by atoms with van der Waals surface area (Å²) >= 11 is 0. The van der Waals surface area contributed by atoms with Gasteiger partial charge in [0.15, 0.2) is 0 Å². The topological polar surface area (TPSA) is 44.0 Å². The van der Waals surface area contributed by atoms with E-state index in [-0.39, 0.29) is 11.5 Å². The van der Waals surface area contributed by atoms with E-state index in [9.17, 15) is 10.4 Å². The molecular weight excluding hydrogens is 270 g/mol. The van der Waals surface area contributed by atoms with Crippen molar-refractivity contribution in [3.05, 3.63) is 11.6 Å². The van der Waals surface area contributed by atoms with Gasteiger partial charge in [-0.05, 0) is 85.9 Å². The van der Waals surface area contributed by atoms with Gasteiger partial charge in [0.25, 0.3) is 0 Å². The number of fused-ring (bicyclic) bond motifs is 5. The predicted octanol–water partition coefficient (Wildman–Crippen LogP) is 4.45. The SMILES string of the molecule is C[C@]12CC[C@H]3[C@@H](CCC4CC=C(C#N)C[C@@]43C)[C@@H]1CC[C@@H]2O. The molecule has 0 bridgehead atoms. The molecule has 0 amide bonds. The summed E-state index contributed by atoms with van der Waals surface area (Å²) in [5.41, 5.74) is 1.53. The normalized spacial score (nSPS) is 53.7. The molecule has 0 spiro atoms. The highest BCUT2D eigenvalue weighted by molar-refractivity contribution is 5.27. The Bertz CT molecular complexity index is 546. The summed E-state index contributed by atoms with van der Waals surface area (Å²) in [5.74, 6) is 3.05. The Hall–Kier alpha value is -0.810. The lowest BCUT2D eigenvalue weighted by atomic mass is 9.45. The van der Waals surface area contributed by atoms with Crippen LogP contribution in [-0.4, -0.2) is 11.2 Å². The second-order valence-electron chi connectivity index (χ2n) is 9.05. The number of rotatable bonds is 0. The molecule has 120 valence electrons. The number of hydrogen-bond acceptors (Lipinski definition) is 2. The van der Waals surface area contributed by atoms with Crippen LogP contribution in [0.5, 0.6) is 0 Å². The summed E-state index contributed by atoms with van der Waals surface area (Å²) in [6.07, 6.45) is 11.6. The summed E-state index contributed by atoms with van der Waals surface area (Å²) in [6, 6.07) is 2.44. The summed E-state index contributed by atoms with van der Waals surface area (Å²) < 4.78 is 0. The van der Waals surface area contributed by atoms with Crippen molar-refractivity contribution in [3.63, 3.8) is 0 Å². The Morgan fingerprint density at radius 2 is 1.86 bits per heavy atom. The zero-order chi connectivity index (χ0) is 15.5. The van der Waals surface area contributed by atoms with Gasteiger partial charge in [-0.1, -0.05) is 19.9 Å². The summed E-state index contributed by atoms with van der Waals surface area (Å²) in [6.45, 7) is 4.83. The van der Waals surface area contributed by atoms with Crippen LogP contribution in [0.1, 0.15) is 65.2 Å². The third kappa shape index (κ3) is 1.81. The lowest BCUT2D eigenvalue weighted by Crippen LogP contribution is -2.53. The highest BCUT2D eigenvalue weighted by Gasteiger charge is 2.59. The molecule has 7 atom stereocenters. The van der Waals surface area contributed by atoms with E-state index in [1.807, 2.05) is 0 Å². The van der Waals surface area contributed by atoms with E-state index in [1.54, 1.807) is 0 Å². The molecule has 3 saturated carbocycles. The van der Waals surface area contributed by atoms with Crippen LogP contribution >= 0.6 is 0 Å². The van der Waals surface area contributed by atoms with Gasteiger partial charge >= 0.3 is 0 Å². The van der Waals surface area contributed by atoms with Gasteiger partial charge < -0.3 is 5.11 Å². The molecule has 2 heteroatoms. The third-order valence-corrected chi connectivity index (χ3v) is 8.38. The number of nitrogens with zero attached hydrogens (tertiary/aromatic N) is 1. The summed E-state index contributed by atoms with van der Waals surface area (Å²) in [4.78, 5) is 0. The Morgan fingerprint density at radius 1 is 1.09 bits per heavy atom. The number of aliphatic hydroxyl groups is 1. The minimum atomic E-state index is -0.0788. The summed E-state index contributed by atoms with van der Waals surface area (Å²) in [5, 5.41) is 19.9.